The topological polar surface area (TPSA) is 79.4 Å². The first kappa shape index (κ1) is 20.8. The summed E-state index contributed by atoms with van der Waals surface area (Å²) in [6, 6.07) is 17.3. The zero-order valence-corrected chi connectivity index (χ0v) is 17.8. The molecule has 1 aromatic carbocycles. The van der Waals surface area contributed by atoms with Crippen LogP contribution < -0.4 is 15.4 Å². The second-order valence-electron chi connectivity index (χ2n) is 7.67. The van der Waals surface area contributed by atoms with Crippen molar-refractivity contribution in [3.8, 4) is 5.75 Å². The van der Waals surface area contributed by atoms with Gasteiger partial charge in [0.2, 0.25) is 5.91 Å². The quantitative estimate of drug-likeness (QED) is 0.596. The minimum atomic E-state index is -0.0310. The van der Waals surface area contributed by atoms with Crippen LogP contribution in [-0.2, 0) is 4.79 Å². The van der Waals surface area contributed by atoms with Crippen molar-refractivity contribution in [1.29, 1.82) is 0 Å². The number of carbonyl (C=O) groups is 1. The fourth-order valence-electron chi connectivity index (χ4n) is 3.93. The molecule has 1 aliphatic rings. The number of pyridine rings is 2. The van der Waals surface area contributed by atoms with E-state index >= 15 is 0 Å². The molecule has 2 aromatic heterocycles. The van der Waals surface area contributed by atoms with Crippen molar-refractivity contribution in [1.82, 2.24) is 14.9 Å². The molecule has 0 aliphatic carbocycles. The molecule has 160 valence electrons. The molecule has 0 bridgehead atoms. The lowest BCUT2D eigenvalue weighted by atomic mass is 10.1. The van der Waals surface area contributed by atoms with Crippen LogP contribution in [-0.4, -0.2) is 41.0 Å². The highest BCUT2D eigenvalue weighted by atomic mass is 16.5. The molecule has 0 spiro atoms. The third kappa shape index (κ3) is 5.38. The Balaban J connectivity index is 1.44. The van der Waals surface area contributed by atoms with Gasteiger partial charge >= 0.3 is 0 Å². The maximum atomic E-state index is 12.6. The molecule has 0 radical (unpaired) electrons. The van der Waals surface area contributed by atoms with Gasteiger partial charge in [0.05, 0.1) is 25.4 Å². The first-order valence-corrected chi connectivity index (χ1v) is 10.5. The largest absolute Gasteiger partial charge is 0.497 e. The first-order chi connectivity index (χ1) is 15.1. The summed E-state index contributed by atoms with van der Waals surface area (Å²) in [5, 5.41) is 6.32. The van der Waals surface area contributed by atoms with Crippen molar-refractivity contribution < 1.29 is 9.53 Å². The fourth-order valence-corrected chi connectivity index (χ4v) is 3.93. The van der Waals surface area contributed by atoms with E-state index in [4.69, 9.17) is 9.72 Å². The third-order valence-corrected chi connectivity index (χ3v) is 5.34. The zero-order valence-electron chi connectivity index (χ0n) is 17.8. The van der Waals surface area contributed by atoms with E-state index in [2.05, 4.69) is 26.6 Å². The van der Waals surface area contributed by atoms with Gasteiger partial charge in [-0.15, -0.1) is 0 Å². The summed E-state index contributed by atoms with van der Waals surface area (Å²) in [6.45, 7) is 3.19. The van der Waals surface area contributed by atoms with Gasteiger partial charge in [-0.05, 0) is 74.8 Å². The van der Waals surface area contributed by atoms with Crippen molar-refractivity contribution in [2.45, 2.75) is 25.8 Å². The van der Waals surface area contributed by atoms with Gasteiger partial charge < -0.3 is 15.4 Å². The number of methoxy groups -OCH3 is 1. The number of aromatic nitrogens is 2. The Morgan fingerprint density at radius 2 is 2.00 bits per heavy atom. The van der Waals surface area contributed by atoms with Gasteiger partial charge in [0.1, 0.15) is 11.6 Å². The van der Waals surface area contributed by atoms with Gasteiger partial charge in [-0.3, -0.25) is 14.7 Å². The van der Waals surface area contributed by atoms with E-state index in [0.717, 1.165) is 53.7 Å². The summed E-state index contributed by atoms with van der Waals surface area (Å²) in [4.78, 5) is 24.0. The number of nitrogens with one attached hydrogen (secondary N) is 2. The molecule has 0 unspecified atom stereocenters. The van der Waals surface area contributed by atoms with Gasteiger partial charge in [-0.1, -0.05) is 6.07 Å². The molecule has 1 atom stereocenters. The van der Waals surface area contributed by atoms with Gasteiger partial charge in [-0.25, -0.2) is 4.98 Å². The van der Waals surface area contributed by atoms with E-state index in [1.807, 2.05) is 55.5 Å². The highest BCUT2D eigenvalue weighted by molar-refractivity contribution is 5.92. The number of rotatable bonds is 7. The molecular formula is C24H27N5O2. The lowest BCUT2D eigenvalue weighted by Crippen LogP contribution is -2.33. The van der Waals surface area contributed by atoms with Crippen LogP contribution in [0.3, 0.4) is 0 Å². The number of nitrogens with zero attached hydrogens (tertiary/aromatic N) is 3. The summed E-state index contributed by atoms with van der Waals surface area (Å²) < 4.78 is 5.16. The molecule has 1 aliphatic heterocycles. The predicted octanol–water partition coefficient (Wildman–Crippen LogP) is 4.31. The molecule has 3 aromatic rings. The Hall–Kier alpha value is -3.45. The highest BCUT2D eigenvalue weighted by Gasteiger charge is 2.29. The number of benzene rings is 1. The number of aryl methyl sites for hydroxylation is 1. The van der Waals surface area contributed by atoms with E-state index < -0.39 is 0 Å². The Morgan fingerprint density at radius 3 is 2.74 bits per heavy atom. The maximum absolute atomic E-state index is 12.6. The monoisotopic (exact) mass is 417 g/mol. The minimum absolute atomic E-state index is 0.0310. The molecular weight excluding hydrogens is 390 g/mol. The van der Waals surface area contributed by atoms with Gasteiger partial charge in [0.15, 0.2) is 0 Å². The maximum Gasteiger partial charge on any atom is 0.238 e. The molecule has 2 N–H and O–H groups in total. The van der Waals surface area contributed by atoms with Gasteiger partial charge in [0.25, 0.3) is 0 Å². The third-order valence-electron chi connectivity index (χ3n) is 5.34. The number of carbonyl (C=O) groups excluding carboxylic acids is 1. The molecule has 7 nitrogen and oxygen atoms in total. The molecule has 3 heterocycles. The van der Waals surface area contributed by atoms with E-state index in [1.54, 1.807) is 13.3 Å². The molecule has 1 saturated heterocycles. The Bertz CT molecular complexity index is 1020. The normalized spacial score (nSPS) is 16.1. The summed E-state index contributed by atoms with van der Waals surface area (Å²) >= 11 is 0. The standard InChI is InChI=1S/C24H27N5O2/c1-17-14-19(27-23-7-3-4-12-25-23)15-21(26-17)22-6-5-13-29(22)16-24(30)28-18-8-10-20(31-2)11-9-18/h3-4,7-12,14-15,22H,5-6,13,16H2,1-2H3,(H,28,30)(H,25,26,27)/t22-/m0/s1. The molecule has 1 amide bonds. The van der Waals surface area contributed by atoms with E-state index in [9.17, 15) is 4.79 Å². The fraction of sp³-hybridized carbons (Fsp3) is 0.292. The number of amides is 1. The van der Waals surface area contributed by atoms with Crippen LogP contribution in [0, 0.1) is 6.92 Å². The van der Waals surface area contributed by atoms with E-state index in [0.29, 0.717) is 6.54 Å². The average molecular weight is 418 g/mol. The average Bonchev–Trinajstić information content (AvgIpc) is 3.22. The first-order valence-electron chi connectivity index (χ1n) is 10.5. The minimum Gasteiger partial charge on any atom is -0.497 e. The predicted molar refractivity (Wildman–Crippen MR) is 122 cm³/mol. The smallest absolute Gasteiger partial charge is 0.238 e. The Morgan fingerprint density at radius 1 is 1.16 bits per heavy atom. The summed E-state index contributed by atoms with van der Waals surface area (Å²) in [5.41, 5.74) is 3.63. The van der Waals surface area contributed by atoms with E-state index in [-0.39, 0.29) is 11.9 Å². The lowest BCUT2D eigenvalue weighted by Gasteiger charge is -2.24. The summed E-state index contributed by atoms with van der Waals surface area (Å²) in [6.07, 6.45) is 3.78. The molecule has 31 heavy (non-hydrogen) atoms. The second-order valence-corrected chi connectivity index (χ2v) is 7.67. The van der Waals surface area contributed by atoms with E-state index in [1.165, 1.54) is 0 Å². The lowest BCUT2D eigenvalue weighted by molar-refractivity contribution is -0.117. The van der Waals surface area contributed by atoms with Crippen LogP contribution in [0.2, 0.25) is 0 Å². The van der Waals surface area contributed by atoms with Crippen molar-refractivity contribution in [2.75, 3.05) is 30.8 Å². The Labute approximate surface area is 182 Å². The SMILES string of the molecule is COc1ccc(NC(=O)CN2CCC[C@H]2c2cc(Nc3ccccn3)cc(C)n2)cc1. The number of hydrogen-bond donors (Lipinski definition) is 2. The number of likely N-dealkylation sites (tertiary alicyclic amines) is 1. The second kappa shape index (κ2) is 9.57. The van der Waals surface area contributed by atoms with Crippen molar-refractivity contribution in [2.24, 2.45) is 0 Å². The molecule has 1 fully saturated rings. The van der Waals surface area contributed by atoms with Crippen LogP contribution >= 0.6 is 0 Å². The van der Waals surface area contributed by atoms with Crippen LogP contribution in [0.25, 0.3) is 0 Å². The highest BCUT2D eigenvalue weighted by Crippen LogP contribution is 2.32. The van der Waals surface area contributed by atoms with Crippen LogP contribution in [0.5, 0.6) is 5.75 Å². The number of anilines is 3. The molecule has 0 saturated carbocycles. The number of ether oxygens (including phenoxy) is 1. The van der Waals surface area contributed by atoms with Crippen LogP contribution in [0.15, 0.2) is 60.8 Å². The Kier molecular flexibility index (Phi) is 6.43. The van der Waals surface area contributed by atoms with Crippen LogP contribution in [0.1, 0.15) is 30.3 Å². The van der Waals surface area contributed by atoms with Crippen LogP contribution in [0.4, 0.5) is 17.2 Å². The van der Waals surface area contributed by atoms with Crippen molar-refractivity contribution in [3.63, 3.8) is 0 Å². The van der Waals surface area contributed by atoms with Gasteiger partial charge in [0, 0.05) is 23.3 Å². The van der Waals surface area contributed by atoms with Crippen molar-refractivity contribution >= 4 is 23.1 Å². The molecule has 4 rings (SSSR count). The summed E-state index contributed by atoms with van der Waals surface area (Å²) in [5.74, 6) is 1.52. The van der Waals surface area contributed by atoms with Gasteiger partial charge in [-0.2, -0.15) is 0 Å². The molecule has 7 heteroatoms. The zero-order chi connectivity index (χ0) is 21.6. The number of hydrogen-bond acceptors (Lipinski definition) is 6. The van der Waals surface area contributed by atoms with Crippen molar-refractivity contribution in [3.05, 3.63) is 72.2 Å². The summed E-state index contributed by atoms with van der Waals surface area (Å²) in [7, 11) is 1.62.